The zero-order chi connectivity index (χ0) is 12.4. The zero-order valence-electron chi connectivity index (χ0n) is 13.0. The highest BCUT2D eigenvalue weighted by molar-refractivity contribution is 5.86. The molecule has 3 rings (SSSR count). The van der Waals surface area contributed by atoms with E-state index in [1.807, 2.05) is 0 Å². The third-order valence-electron chi connectivity index (χ3n) is 4.86. The summed E-state index contributed by atoms with van der Waals surface area (Å²) < 4.78 is 0. The Balaban J connectivity index is 0.00000133. The quantitative estimate of drug-likeness (QED) is 0.797. The Morgan fingerprint density at radius 3 is 2.29 bits per heavy atom. The molecule has 1 unspecified atom stereocenters. The second kappa shape index (κ2) is 10.5. The molecule has 4 nitrogen and oxygen atoms in total. The summed E-state index contributed by atoms with van der Waals surface area (Å²) in [5, 5.41) is 3.42. The molecule has 0 aromatic carbocycles. The highest BCUT2D eigenvalue weighted by Crippen LogP contribution is 2.30. The second-order valence-electron chi connectivity index (χ2n) is 6.24. The Morgan fingerprint density at radius 2 is 1.67 bits per heavy atom. The molecule has 1 aliphatic carbocycles. The van der Waals surface area contributed by atoms with Gasteiger partial charge >= 0.3 is 0 Å². The lowest BCUT2D eigenvalue weighted by molar-refractivity contribution is 0.174. The maximum Gasteiger partial charge on any atom is 0.0232 e. The van der Waals surface area contributed by atoms with Crippen LogP contribution in [0, 0.1) is 0 Å². The molecule has 2 aliphatic heterocycles. The fraction of sp³-hybridized carbons (Fsp3) is 1.00. The van der Waals surface area contributed by atoms with Gasteiger partial charge in [0.2, 0.25) is 0 Å². The number of hydrogen-bond donors (Lipinski definition) is 1. The van der Waals surface area contributed by atoms with Crippen molar-refractivity contribution >= 4 is 37.2 Å². The van der Waals surface area contributed by atoms with Crippen LogP contribution in [0.15, 0.2) is 0 Å². The van der Waals surface area contributed by atoms with E-state index < -0.39 is 0 Å². The number of rotatable bonds is 5. The standard InChI is InChI=1S/C14H28N4.3ClH/c1-16(10-11-17-8-5-15-6-9-17)14-4-7-18(12-14)13-2-3-13;;;/h13-15H,2-12H2,1H3;3*1H. The van der Waals surface area contributed by atoms with Crippen LogP contribution < -0.4 is 5.32 Å². The third kappa shape index (κ3) is 6.38. The molecule has 21 heavy (non-hydrogen) atoms. The number of piperazine rings is 1. The van der Waals surface area contributed by atoms with Gasteiger partial charge in [-0.2, -0.15) is 0 Å². The van der Waals surface area contributed by atoms with Gasteiger partial charge in [-0.1, -0.05) is 0 Å². The van der Waals surface area contributed by atoms with E-state index in [0.29, 0.717) is 0 Å². The molecule has 128 valence electrons. The van der Waals surface area contributed by atoms with Gasteiger partial charge in [0.15, 0.2) is 0 Å². The van der Waals surface area contributed by atoms with E-state index in [4.69, 9.17) is 0 Å². The summed E-state index contributed by atoms with van der Waals surface area (Å²) in [5.41, 5.74) is 0. The van der Waals surface area contributed by atoms with Crippen molar-refractivity contribution in [3.63, 3.8) is 0 Å². The number of hydrogen-bond acceptors (Lipinski definition) is 4. The summed E-state index contributed by atoms with van der Waals surface area (Å²) in [5.74, 6) is 0. The summed E-state index contributed by atoms with van der Waals surface area (Å²) in [6.07, 6.45) is 4.29. The molecular formula is C14H31Cl3N4. The molecule has 7 heteroatoms. The van der Waals surface area contributed by atoms with E-state index in [0.717, 1.165) is 12.1 Å². The Bertz CT molecular complexity index is 273. The van der Waals surface area contributed by atoms with Crippen molar-refractivity contribution in [2.75, 3.05) is 59.4 Å². The van der Waals surface area contributed by atoms with Gasteiger partial charge in [-0.05, 0) is 26.3 Å². The maximum absolute atomic E-state index is 3.42. The largest absolute Gasteiger partial charge is 0.314 e. The Hall–Kier alpha value is 0.710. The molecule has 0 amide bonds. The summed E-state index contributed by atoms with van der Waals surface area (Å²) >= 11 is 0. The van der Waals surface area contributed by atoms with Gasteiger partial charge in [0, 0.05) is 64.4 Å². The predicted octanol–water partition coefficient (Wildman–Crippen LogP) is 1.33. The first-order valence-electron chi connectivity index (χ1n) is 7.70. The average Bonchev–Trinajstić information content (AvgIpc) is 3.15. The Kier molecular flexibility index (Phi) is 10.8. The number of nitrogens with zero attached hydrogens (tertiary/aromatic N) is 3. The fourth-order valence-corrected chi connectivity index (χ4v) is 3.32. The lowest BCUT2D eigenvalue weighted by atomic mass is 10.2. The highest BCUT2D eigenvalue weighted by Gasteiger charge is 2.35. The molecule has 1 saturated carbocycles. The molecule has 0 aromatic heterocycles. The van der Waals surface area contributed by atoms with Gasteiger partial charge < -0.3 is 10.2 Å². The first-order valence-corrected chi connectivity index (χ1v) is 7.70. The normalized spacial score (nSPS) is 26.9. The number of nitrogens with one attached hydrogen (secondary N) is 1. The van der Waals surface area contributed by atoms with Crippen LogP contribution in [0.5, 0.6) is 0 Å². The van der Waals surface area contributed by atoms with Crippen molar-refractivity contribution in [3.05, 3.63) is 0 Å². The van der Waals surface area contributed by atoms with E-state index in [1.54, 1.807) is 0 Å². The van der Waals surface area contributed by atoms with Crippen LogP contribution in [0.25, 0.3) is 0 Å². The third-order valence-corrected chi connectivity index (χ3v) is 4.86. The van der Waals surface area contributed by atoms with Crippen LogP contribution in [-0.4, -0.2) is 86.2 Å². The first-order chi connectivity index (χ1) is 8.83. The molecule has 1 atom stereocenters. The monoisotopic (exact) mass is 360 g/mol. The van der Waals surface area contributed by atoms with Gasteiger partial charge in [0.25, 0.3) is 0 Å². The van der Waals surface area contributed by atoms with Gasteiger partial charge in [-0.15, -0.1) is 37.2 Å². The van der Waals surface area contributed by atoms with Gasteiger partial charge in [0.1, 0.15) is 0 Å². The van der Waals surface area contributed by atoms with Gasteiger partial charge in [0.05, 0.1) is 0 Å². The number of halogens is 3. The first kappa shape index (κ1) is 21.7. The molecule has 0 bridgehead atoms. The molecule has 1 N–H and O–H groups in total. The molecule has 3 aliphatic rings. The maximum atomic E-state index is 3.42. The minimum Gasteiger partial charge on any atom is -0.314 e. The van der Waals surface area contributed by atoms with E-state index >= 15 is 0 Å². The van der Waals surface area contributed by atoms with Crippen molar-refractivity contribution in [2.45, 2.75) is 31.3 Å². The van der Waals surface area contributed by atoms with Crippen LogP contribution in [0.2, 0.25) is 0 Å². The topological polar surface area (TPSA) is 21.8 Å². The number of likely N-dealkylation sites (tertiary alicyclic amines) is 1. The predicted molar refractivity (Wildman–Crippen MR) is 96.7 cm³/mol. The summed E-state index contributed by atoms with van der Waals surface area (Å²) in [7, 11) is 2.32. The SMILES string of the molecule is CN(CCN1CCNCC1)C1CCN(C2CC2)C1.Cl.Cl.Cl. The lowest BCUT2D eigenvalue weighted by Gasteiger charge is -2.31. The molecule has 0 radical (unpaired) electrons. The van der Waals surface area contributed by atoms with Crippen molar-refractivity contribution < 1.29 is 0 Å². The van der Waals surface area contributed by atoms with Gasteiger partial charge in [-0.25, -0.2) is 0 Å². The van der Waals surface area contributed by atoms with Crippen LogP contribution in [0.3, 0.4) is 0 Å². The molecule has 0 aromatic rings. The zero-order valence-corrected chi connectivity index (χ0v) is 15.4. The van der Waals surface area contributed by atoms with Crippen molar-refractivity contribution in [1.82, 2.24) is 20.0 Å². The van der Waals surface area contributed by atoms with E-state index in [-0.39, 0.29) is 37.2 Å². The van der Waals surface area contributed by atoms with Gasteiger partial charge in [-0.3, -0.25) is 9.80 Å². The van der Waals surface area contributed by atoms with E-state index in [9.17, 15) is 0 Å². The van der Waals surface area contributed by atoms with Crippen LogP contribution in [0.4, 0.5) is 0 Å². The Labute approximate surface area is 148 Å². The molecule has 3 fully saturated rings. The highest BCUT2D eigenvalue weighted by atomic mass is 35.5. The van der Waals surface area contributed by atoms with E-state index in [1.165, 1.54) is 71.6 Å². The minimum absolute atomic E-state index is 0. The Morgan fingerprint density at radius 1 is 1.00 bits per heavy atom. The average molecular weight is 362 g/mol. The van der Waals surface area contributed by atoms with Crippen LogP contribution >= 0.6 is 37.2 Å². The minimum atomic E-state index is 0. The van der Waals surface area contributed by atoms with Crippen LogP contribution in [-0.2, 0) is 0 Å². The summed E-state index contributed by atoms with van der Waals surface area (Å²) in [4.78, 5) is 7.91. The van der Waals surface area contributed by atoms with Crippen molar-refractivity contribution in [2.24, 2.45) is 0 Å². The smallest absolute Gasteiger partial charge is 0.0232 e. The van der Waals surface area contributed by atoms with Crippen molar-refractivity contribution in [3.8, 4) is 0 Å². The molecule has 0 spiro atoms. The second-order valence-corrected chi connectivity index (χ2v) is 6.24. The molecular weight excluding hydrogens is 331 g/mol. The van der Waals surface area contributed by atoms with Crippen LogP contribution in [0.1, 0.15) is 19.3 Å². The summed E-state index contributed by atoms with van der Waals surface area (Å²) in [6, 6.07) is 1.77. The van der Waals surface area contributed by atoms with Crippen molar-refractivity contribution in [1.29, 1.82) is 0 Å². The summed E-state index contributed by atoms with van der Waals surface area (Å²) in [6.45, 7) is 9.95. The van der Waals surface area contributed by atoms with E-state index in [2.05, 4.69) is 27.1 Å². The molecule has 2 heterocycles. The number of likely N-dealkylation sites (N-methyl/N-ethyl adjacent to an activating group) is 1. The molecule has 2 saturated heterocycles. The lowest BCUT2D eigenvalue weighted by Crippen LogP contribution is -2.47. The fourth-order valence-electron chi connectivity index (χ4n) is 3.32.